The SMILES string of the molecule is O=C(CCl)Nc1nn2cnnc2s1. The molecular weight excluding hydrogens is 214 g/mol. The van der Waals surface area contributed by atoms with Gasteiger partial charge in [-0.3, -0.25) is 10.1 Å². The Hall–Kier alpha value is -1.21. The van der Waals surface area contributed by atoms with Crippen molar-refractivity contribution in [1.29, 1.82) is 0 Å². The molecule has 0 aliphatic carbocycles. The first kappa shape index (κ1) is 8.39. The van der Waals surface area contributed by atoms with Crippen LogP contribution in [-0.4, -0.2) is 31.6 Å². The van der Waals surface area contributed by atoms with Crippen molar-refractivity contribution in [2.24, 2.45) is 0 Å². The summed E-state index contributed by atoms with van der Waals surface area (Å²) in [4.78, 5) is 11.5. The lowest BCUT2D eigenvalue weighted by Crippen LogP contribution is -2.12. The predicted molar refractivity (Wildman–Crippen MR) is 48.0 cm³/mol. The summed E-state index contributed by atoms with van der Waals surface area (Å²) >= 11 is 6.54. The van der Waals surface area contributed by atoms with E-state index in [2.05, 4.69) is 20.6 Å². The third-order valence-electron chi connectivity index (χ3n) is 1.25. The van der Waals surface area contributed by atoms with E-state index >= 15 is 0 Å². The third kappa shape index (κ3) is 1.61. The number of carbonyl (C=O) groups is 1. The summed E-state index contributed by atoms with van der Waals surface area (Å²) in [7, 11) is 0. The molecule has 6 nitrogen and oxygen atoms in total. The Balaban J connectivity index is 2.25. The Morgan fingerprint density at radius 1 is 1.77 bits per heavy atom. The van der Waals surface area contributed by atoms with Crippen LogP contribution in [-0.2, 0) is 4.79 Å². The van der Waals surface area contributed by atoms with Crippen LogP contribution < -0.4 is 5.32 Å². The molecule has 0 atom stereocenters. The van der Waals surface area contributed by atoms with E-state index in [4.69, 9.17) is 11.6 Å². The van der Waals surface area contributed by atoms with E-state index in [0.717, 1.165) is 0 Å². The van der Waals surface area contributed by atoms with Gasteiger partial charge in [0, 0.05) is 0 Å². The van der Waals surface area contributed by atoms with Gasteiger partial charge in [0.2, 0.25) is 16.0 Å². The number of nitrogens with one attached hydrogen (secondary N) is 1. The second-order valence-corrected chi connectivity index (χ2v) is 3.37. The number of anilines is 1. The van der Waals surface area contributed by atoms with Crippen LogP contribution in [0.3, 0.4) is 0 Å². The highest BCUT2D eigenvalue weighted by atomic mass is 35.5. The van der Waals surface area contributed by atoms with Crippen molar-refractivity contribution in [3.8, 4) is 0 Å². The molecule has 1 amide bonds. The van der Waals surface area contributed by atoms with Crippen molar-refractivity contribution in [3.05, 3.63) is 6.33 Å². The maximum atomic E-state index is 10.9. The van der Waals surface area contributed by atoms with E-state index in [9.17, 15) is 4.79 Å². The summed E-state index contributed by atoms with van der Waals surface area (Å²) in [5.41, 5.74) is 0. The van der Waals surface area contributed by atoms with Crippen LogP contribution >= 0.6 is 22.9 Å². The molecule has 2 heterocycles. The quantitative estimate of drug-likeness (QED) is 0.738. The zero-order valence-corrected chi connectivity index (χ0v) is 7.84. The van der Waals surface area contributed by atoms with Crippen molar-refractivity contribution in [1.82, 2.24) is 19.8 Å². The standard InChI is InChI=1S/C5H4ClN5OS/c6-1-3(12)8-4-10-11-2-7-9-5(11)13-4/h2H,1H2,(H,8,10,12). The minimum absolute atomic E-state index is 0.0832. The molecule has 2 rings (SSSR count). The van der Waals surface area contributed by atoms with Gasteiger partial charge >= 0.3 is 0 Å². The Kier molecular flexibility index (Phi) is 2.11. The second-order valence-electron chi connectivity index (χ2n) is 2.15. The highest BCUT2D eigenvalue weighted by Crippen LogP contribution is 2.16. The Morgan fingerprint density at radius 2 is 2.62 bits per heavy atom. The molecule has 0 fully saturated rings. The van der Waals surface area contributed by atoms with E-state index < -0.39 is 0 Å². The molecule has 0 spiro atoms. The highest BCUT2D eigenvalue weighted by Gasteiger charge is 2.07. The number of hydrogen-bond donors (Lipinski definition) is 1. The van der Waals surface area contributed by atoms with Crippen molar-refractivity contribution < 1.29 is 4.79 Å². The molecule has 0 saturated heterocycles. The van der Waals surface area contributed by atoms with E-state index in [1.54, 1.807) is 0 Å². The van der Waals surface area contributed by atoms with Gasteiger partial charge in [0.15, 0.2) is 0 Å². The van der Waals surface area contributed by atoms with Gasteiger partial charge in [-0.2, -0.15) is 4.52 Å². The molecule has 0 aliphatic heterocycles. The number of fused-ring (bicyclic) bond motifs is 1. The number of alkyl halides is 1. The highest BCUT2D eigenvalue weighted by molar-refractivity contribution is 7.20. The molecule has 68 valence electrons. The summed E-state index contributed by atoms with van der Waals surface area (Å²) in [6.45, 7) is 0. The van der Waals surface area contributed by atoms with Gasteiger partial charge in [-0.15, -0.1) is 26.9 Å². The maximum absolute atomic E-state index is 10.9. The minimum atomic E-state index is -0.286. The monoisotopic (exact) mass is 217 g/mol. The number of aromatic nitrogens is 4. The Morgan fingerprint density at radius 3 is 3.31 bits per heavy atom. The average Bonchev–Trinajstić information content (AvgIpc) is 2.63. The summed E-state index contributed by atoms with van der Waals surface area (Å²) in [5.74, 6) is -0.369. The van der Waals surface area contributed by atoms with E-state index in [0.29, 0.717) is 10.1 Å². The molecule has 0 unspecified atom stereocenters. The van der Waals surface area contributed by atoms with Crippen LogP contribution in [0.2, 0.25) is 0 Å². The summed E-state index contributed by atoms with van der Waals surface area (Å²) in [5, 5.41) is 14.3. The van der Waals surface area contributed by atoms with Gasteiger partial charge in [-0.25, -0.2) is 0 Å². The molecule has 0 aliphatic rings. The molecule has 0 radical (unpaired) electrons. The molecule has 13 heavy (non-hydrogen) atoms. The number of halogens is 1. The molecule has 0 aromatic carbocycles. The van der Waals surface area contributed by atoms with E-state index in [-0.39, 0.29) is 11.8 Å². The van der Waals surface area contributed by atoms with Crippen molar-refractivity contribution in [2.75, 3.05) is 11.2 Å². The van der Waals surface area contributed by atoms with Crippen molar-refractivity contribution >= 4 is 38.9 Å². The van der Waals surface area contributed by atoms with Crippen LogP contribution in [0.15, 0.2) is 6.33 Å². The predicted octanol–water partition coefficient (Wildman–Crippen LogP) is 0.363. The largest absolute Gasteiger partial charge is 0.299 e. The van der Waals surface area contributed by atoms with Crippen LogP contribution in [0.5, 0.6) is 0 Å². The summed E-state index contributed by atoms with van der Waals surface area (Å²) in [6, 6.07) is 0. The number of carbonyl (C=O) groups excluding carboxylic acids is 1. The van der Waals surface area contributed by atoms with Crippen LogP contribution in [0, 0.1) is 0 Å². The number of hydrogen-bond acceptors (Lipinski definition) is 5. The average molecular weight is 218 g/mol. The third-order valence-corrected chi connectivity index (χ3v) is 2.33. The van der Waals surface area contributed by atoms with Crippen molar-refractivity contribution in [2.45, 2.75) is 0 Å². The molecule has 2 aromatic rings. The van der Waals surface area contributed by atoms with Crippen LogP contribution in [0.4, 0.5) is 5.13 Å². The van der Waals surface area contributed by atoms with E-state index in [1.807, 2.05) is 0 Å². The zero-order chi connectivity index (χ0) is 9.26. The molecule has 8 heteroatoms. The van der Waals surface area contributed by atoms with Gasteiger partial charge in [0.05, 0.1) is 0 Å². The molecule has 1 N–H and O–H groups in total. The number of amides is 1. The summed E-state index contributed by atoms with van der Waals surface area (Å²) < 4.78 is 1.48. The fourth-order valence-electron chi connectivity index (χ4n) is 0.763. The number of nitrogens with zero attached hydrogens (tertiary/aromatic N) is 4. The fraction of sp³-hybridized carbons (Fsp3) is 0.200. The lowest BCUT2D eigenvalue weighted by molar-refractivity contribution is -0.113. The smallest absolute Gasteiger partial charge is 0.241 e. The zero-order valence-electron chi connectivity index (χ0n) is 6.27. The van der Waals surface area contributed by atoms with Gasteiger partial charge in [-0.1, -0.05) is 11.3 Å². The summed E-state index contributed by atoms with van der Waals surface area (Å²) in [6.07, 6.45) is 1.46. The minimum Gasteiger partial charge on any atom is -0.299 e. The molecule has 2 aromatic heterocycles. The van der Waals surface area contributed by atoms with Crippen molar-refractivity contribution in [3.63, 3.8) is 0 Å². The fourth-order valence-corrected chi connectivity index (χ4v) is 1.57. The van der Waals surface area contributed by atoms with Gasteiger partial charge < -0.3 is 0 Å². The van der Waals surface area contributed by atoms with Crippen LogP contribution in [0.25, 0.3) is 4.96 Å². The lowest BCUT2D eigenvalue weighted by atomic mass is 10.7. The van der Waals surface area contributed by atoms with Gasteiger partial charge in [0.1, 0.15) is 12.2 Å². The maximum Gasteiger partial charge on any atom is 0.241 e. The lowest BCUT2D eigenvalue weighted by Gasteiger charge is -1.93. The van der Waals surface area contributed by atoms with Gasteiger partial charge in [-0.05, 0) is 0 Å². The first-order chi connectivity index (χ1) is 6.29. The first-order valence-electron chi connectivity index (χ1n) is 3.32. The second kappa shape index (κ2) is 3.27. The molecular formula is C5H4ClN5OS. The molecule has 0 saturated carbocycles. The van der Waals surface area contributed by atoms with E-state index in [1.165, 1.54) is 22.2 Å². The Labute approximate surface area is 81.5 Å². The van der Waals surface area contributed by atoms with Gasteiger partial charge in [0.25, 0.3) is 0 Å². The normalized spacial score (nSPS) is 10.5. The molecule has 0 bridgehead atoms. The topological polar surface area (TPSA) is 72.2 Å². The van der Waals surface area contributed by atoms with Crippen LogP contribution in [0.1, 0.15) is 0 Å². The Bertz CT molecular complexity index is 408. The number of rotatable bonds is 2. The first-order valence-corrected chi connectivity index (χ1v) is 4.67.